The zero-order valence-electron chi connectivity index (χ0n) is 9.67. The minimum atomic E-state index is -1.08. The number of carboxylic acid groups (broad SMARTS) is 1. The molecule has 0 saturated heterocycles. The van der Waals surface area contributed by atoms with Crippen LogP contribution < -0.4 is 0 Å². The highest BCUT2D eigenvalue weighted by molar-refractivity contribution is 6.06. The number of benzene rings is 2. The first-order valence-corrected chi connectivity index (χ1v) is 5.58. The van der Waals surface area contributed by atoms with Crippen LogP contribution >= 0.6 is 0 Å². The maximum absolute atomic E-state index is 12.1. The molecule has 2 aromatic rings. The minimum Gasteiger partial charge on any atom is -0.478 e. The van der Waals surface area contributed by atoms with Gasteiger partial charge in [0.15, 0.2) is 5.78 Å². The monoisotopic (exact) mass is 240 g/mol. The summed E-state index contributed by atoms with van der Waals surface area (Å²) in [6.07, 6.45) is 0.213. The molecule has 2 aromatic carbocycles. The predicted octanol–water partition coefficient (Wildman–Crippen LogP) is 2.81. The molecular weight excluding hydrogens is 228 g/mol. The number of hydrogen-bond donors (Lipinski definition) is 1. The van der Waals surface area contributed by atoms with Crippen LogP contribution in [0.15, 0.2) is 54.6 Å². The van der Waals surface area contributed by atoms with Gasteiger partial charge in [0.05, 0.1) is 5.56 Å². The van der Waals surface area contributed by atoms with Crippen molar-refractivity contribution in [2.45, 2.75) is 6.42 Å². The average Bonchev–Trinajstić information content (AvgIpc) is 2.40. The summed E-state index contributed by atoms with van der Waals surface area (Å²) < 4.78 is 0. The lowest BCUT2D eigenvalue weighted by Gasteiger charge is -2.05. The normalized spacial score (nSPS) is 10.0. The van der Waals surface area contributed by atoms with Crippen molar-refractivity contribution in [2.24, 2.45) is 0 Å². The topological polar surface area (TPSA) is 54.4 Å². The molecule has 0 aliphatic carbocycles. The Morgan fingerprint density at radius 1 is 0.833 bits per heavy atom. The van der Waals surface area contributed by atoms with Gasteiger partial charge in [-0.15, -0.1) is 0 Å². The third kappa shape index (κ3) is 2.63. The third-order valence-electron chi connectivity index (χ3n) is 2.67. The van der Waals surface area contributed by atoms with E-state index in [-0.39, 0.29) is 23.3 Å². The average molecular weight is 240 g/mol. The number of carbonyl (C=O) groups is 2. The van der Waals surface area contributed by atoms with Gasteiger partial charge in [-0.25, -0.2) is 4.79 Å². The van der Waals surface area contributed by atoms with Crippen LogP contribution in [0.1, 0.15) is 26.3 Å². The Bertz CT molecular complexity index is 573. The van der Waals surface area contributed by atoms with Crippen molar-refractivity contribution in [3.63, 3.8) is 0 Å². The van der Waals surface area contributed by atoms with E-state index >= 15 is 0 Å². The van der Waals surface area contributed by atoms with Gasteiger partial charge in [0.25, 0.3) is 0 Å². The lowest BCUT2D eigenvalue weighted by Crippen LogP contribution is -2.10. The Balaban J connectivity index is 2.27. The van der Waals surface area contributed by atoms with E-state index in [9.17, 15) is 9.59 Å². The predicted molar refractivity (Wildman–Crippen MR) is 67.9 cm³/mol. The number of Topliss-reactive ketones (excluding diaryl/α,β-unsaturated/α-hetero) is 1. The zero-order chi connectivity index (χ0) is 13.0. The van der Waals surface area contributed by atoms with Gasteiger partial charge in [0.1, 0.15) is 0 Å². The molecule has 0 atom stereocenters. The fourth-order valence-corrected chi connectivity index (χ4v) is 1.79. The second-order valence-electron chi connectivity index (χ2n) is 3.94. The summed E-state index contributed by atoms with van der Waals surface area (Å²) in [5.74, 6) is -1.26. The molecule has 0 heterocycles. The van der Waals surface area contributed by atoms with Crippen LogP contribution in [-0.2, 0) is 6.42 Å². The van der Waals surface area contributed by atoms with Crippen LogP contribution in [0, 0.1) is 0 Å². The molecule has 0 aliphatic heterocycles. The molecule has 0 aromatic heterocycles. The van der Waals surface area contributed by atoms with Crippen LogP contribution in [0.3, 0.4) is 0 Å². The van der Waals surface area contributed by atoms with E-state index in [0.29, 0.717) is 0 Å². The molecule has 0 unspecified atom stereocenters. The maximum atomic E-state index is 12.1. The second kappa shape index (κ2) is 5.27. The molecule has 0 bridgehead atoms. The number of ketones is 1. The second-order valence-corrected chi connectivity index (χ2v) is 3.94. The van der Waals surface area contributed by atoms with Crippen molar-refractivity contribution in [3.8, 4) is 0 Å². The van der Waals surface area contributed by atoms with Crippen molar-refractivity contribution in [3.05, 3.63) is 71.3 Å². The SMILES string of the molecule is O=C(O)c1ccccc1C(=O)Cc1ccccc1. The Morgan fingerprint density at radius 2 is 1.39 bits per heavy atom. The summed E-state index contributed by atoms with van der Waals surface area (Å²) >= 11 is 0. The largest absolute Gasteiger partial charge is 0.478 e. The summed E-state index contributed by atoms with van der Waals surface area (Å²) in [7, 11) is 0. The van der Waals surface area contributed by atoms with Gasteiger partial charge in [-0.1, -0.05) is 48.5 Å². The molecule has 0 spiro atoms. The molecular formula is C15H12O3. The lowest BCUT2D eigenvalue weighted by atomic mass is 9.98. The van der Waals surface area contributed by atoms with Crippen molar-refractivity contribution in [1.29, 1.82) is 0 Å². The first-order chi connectivity index (χ1) is 8.68. The molecule has 2 rings (SSSR count). The van der Waals surface area contributed by atoms with E-state index < -0.39 is 5.97 Å². The lowest BCUT2D eigenvalue weighted by molar-refractivity contribution is 0.0692. The Hall–Kier alpha value is -2.42. The van der Waals surface area contributed by atoms with Gasteiger partial charge in [-0.2, -0.15) is 0 Å². The molecule has 1 N–H and O–H groups in total. The summed E-state index contributed by atoms with van der Waals surface area (Å²) in [6.45, 7) is 0. The zero-order valence-corrected chi connectivity index (χ0v) is 9.67. The molecule has 0 fully saturated rings. The van der Waals surface area contributed by atoms with Gasteiger partial charge < -0.3 is 5.11 Å². The van der Waals surface area contributed by atoms with E-state index in [1.807, 2.05) is 30.3 Å². The highest BCUT2D eigenvalue weighted by atomic mass is 16.4. The first kappa shape index (κ1) is 12.0. The van der Waals surface area contributed by atoms with Gasteiger partial charge in [0.2, 0.25) is 0 Å². The van der Waals surface area contributed by atoms with Crippen molar-refractivity contribution < 1.29 is 14.7 Å². The molecule has 0 saturated carbocycles. The first-order valence-electron chi connectivity index (χ1n) is 5.58. The van der Waals surface area contributed by atoms with Crippen molar-refractivity contribution >= 4 is 11.8 Å². The molecule has 0 amide bonds. The third-order valence-corrected chi connectivity index (χ3v) is 2.67. The van der Waals surface area contributed by atoms with Gasteiger partial charge in [-0.05, 0) is 11.6 Å². The number of carbonyl (C=O) groups excluding carboxylic acids is 1. The molecule has 3 heteroatoms. The number of carboxylic acids is 1. The summed E-state index contributed by atoms with van der Waals surface area (Å²) in [5.41, 5.74) is 1.19. The fourth-order valence-electron chi connectivity index (χ4n) is 1.79. The fraction of sp³-hybridized carbons (Fsp3) is 0.0667. The van der Waals surface area contributed by atoms with E-state index in [4.69, 9.17) is 5.11 Å². The van der Waals surface area contributed by atoms with Crippen LogP contribution in [0.4, 0.5) is 0 Å². The smallest absolute Gasteiger partial charge is 0.336 e. The van der Waals surface area contributed by atoms with E-state index in [0.717, 1.165) is 5.56 Å². The van der Waals surface area contributed by atoms with Gasteiger partial charge in [0, 0.05) is 12.0 Å². The number of hydrogen-bond acceptors (Lipinski definition) is 2. The van der Waals surface area contributed by atoms with E-state index in [1.165, 1.54) is 6.07 Å². The summed E-state index contributed by atoms with van der Waals surface area (Å²) in [5, 5.41) is 9.03. The Morgan fingerprint density at radius 3 is 2.00 bits per heavy atom. The summed E-state index contributed by atoms with van der Waals surface area (Å²) in [6, 6.07) is 15.6. The number of aromatic carboxylic acids is 1. The maximum Gasteiger partial charge on any atom is 0.336 e. The highest BCUT2D eigenvalue weighted by Gasteiger charge is 2.15. The van der Waals surface area contributed by atoms with Crippen molar-refractivity contribution in [1.82, 2.24) is 0 Å². The molecule has 0 aliphatic rings. The van der Waals surface area contributed by atoms with Crippen LogP contribution in [0.25, 0.3) is 0 Å². The Labute approximate surface area is 105 Å². The molecule has 3 nitrogen and oxygen atoms in total. The Kier molecular flexibility index (Phi) is 3.53. The summed E-state index contributed by atoms with van der Waals surface area (Å²) in [4.78, 5) is 23.1. The van der Waals surface area contributed by atoms with Crippen LogP contribution in [0.5, 0.6) is 0 Å². The minimum absolute atomic E-state index is 0.0541. The standard InChI is InChI=1S/C15H12O3/c16-14(10-11-6-2-1-3-7-11)12-8-4-5-9-13(12)15(17)18/h1-9H,10H2,(H,17,18). The van der Waals surface area contributed by atoms with Gasteiger partial charge >= 0.3 is 5.97 Å². The van der Waals surface area contributed by atoms with E-state index in [2.05, 4.69) is 0 Å². The number of rotatable bonds is 4. The van der Waals surface area contributed by atoms with E-state index in [1.54, 1.807) is 18.2 Å². The van der Waals surface area contributed by atoms with Gasteiger partial charge in [-0.3, -0.25) is 4.79 Å². The molecule has 90 valence electrons. The highest BCUT2D eigenvalue weighted by Crippen LogP contribution is 2.12. The van der Waals surface area contributed by atoms with Crippen LogP contribution in [-0.4, -0.2) is 16.9 Å². The quantitative estimate of drug-likeness (QED) is 0.836. The molecule has 18 heavy (non-hydrogen) atoms. The van der Waals surface area contributed by atoms with Crippen LogP contribution in [0.2, 0.25) is 0 Å². The van der Waals surface area contributed by atoms with Crippen molar-refractivity contribution in [2.75, 3.05) is 0 Å². The molecule has 0 radical (unpaired) electrons.